The van der Waals surface area contributed by atoms with Crippen LogP contribution in [0.5, 0.6) is 5.75 Å². The number of ether oxygens (including phenoxy) is 2. The van der Waals surface area contributed by atoms with Crippen molar-refractivity contribution >= 4 is 16.2 Å². The van der Waals surface area contributed by atoms with E-state index < -0.39 is 21.8 Å². The highest BCUT2D eigenvalue weighted by Gasteiger charge is 2.15. The zero-order valence-corrected chi connectivity index (χ0v) is 20.4. The summed E-state index contributed by atoms with van der Waals surface area (Å²) < 4.78 is 38.0. The monoisotopic (exact) mass is 474 g/mol. The van der Waals surface area contributed by atoms with Gasteiger partial charge in [-0.3, -0.25) is 9.17 Å². The second kappa shape index (κ2) is 11.7. The van der Waals surface area contributed by atoms with Crippen molar-refractivity contribution in [3.8, 4) is 17.6 Å². The van der Waals surface area contributed by atoms with E-state index in [1.165, 1.54) is 0 Å². The second-order valence-electron chi connectivity index (χ2n) is 8.36. The van der Waals surface area contributed by atoms with Crippen LogP contribution in [0, 0.1) is 18.8 Å². The van der Waals surface area contributed by atoms with Gasteiger partial charge in [-0.25, -0.2) is 4.79 Å². The smallest absolute Gasteiger partial charge is 0.407 e. The van der Waals surface area contributed by atoms with Gasteiger partial charge in [0.05, 0.1) is 18.6 Å². The van der Waals surface area contributed by atoms with E-state index >= 15 is 0 Å². The number of nitrogens with one attached hydrogen (secondary N) is 1. The molecule has 0 unspecified atom stereocenters. The first kappa shape index (κ1) is 26.2. The van der Waals surface area contributed by atoms with Crippen molar-refractivity contribution in [1.29, 1.82) is 0 Å². The maximum absolute atomic E-state index is 11.6. The molecule has 0 bridgehead atoms. The molecule has 0 spiro atoms. The van der Waals surface area contributed by atoms with Crippen LogP contribution in [0.2, 0.25) is 0 Å². The van der Waals surface area contributed by atoms with E-state index in [-0.39, 0.29) is 6.61 Å². The number of hydrogen-bond donors (Lipinski definition) is 1. The minimum atomic E-state index is -3.54. The molecule has 0 radical (unpaired) electrons. The van der Waals surface area contributed by atoms with Gasteiger partial charge in [-0.05, 0) is 70.5 Å². The lowest BCUT2D eigenvalue weighted by atomic mass is 10.1. The number of benzene rings is 1. The Balaban J connectivity index is 1.84. The SMILES string of the molecule is Cc1cc(C#Cc2ccc(OCCCNC(=O)OC(C)(C)C)cc2)cc(COS(C)(=O)=O)n1. The van der Waals surface area contributed by atoms with Gasteiger partial charge in [0, 0.05) is 23.4 Å². The summed E-state index contributed by atoms with van der Waals surface area (Å²) in [5.41, 5.74) is 2.22. The van der Waals surface area contributed by atoms with E-state index in [1.54, 1.807) is 6.07 Å². The zero-order valence-electron chi connectivity index (χ0n) is 19.6. The number of amides is 1. The van der Waals surface area contributed by atoms with Crippen LogP contribution in [-0.4, -0.2) is 44.5 Å². The Morgan fingerprint density at radius 3 is 2.39 bits per heavy atom. The Hall–Kier alpha value is -3.09. The Labute approximate surface area is 195 Å². The molecule has 0 saturated heterocycles. The molecule has 0 aliphatic heterocycles. The number of pyridine rings is 1. The van der Waals surface area contributed by atoms with E-state index in [0.717, 1.165) is 17.5 Å². The number of alkyl carbamates (subject to hydrolysis) is 1. The molecule has 0 atom stereocenters. The minimum Gasteiger partial charge on any atom is -0.494 e. The van der Waals surface area contributed by atoms with Gasteiger partial charge in [0.25, 0.3) is 10.1 Å². The number of hydrogen-bond acceptors (Lipinski definition) is 7. The summed E-state index contributed by atoms with van der Waals surface area (Å²) in [5, 5.41) is 2.69. The summed E-state index contributed by atoms with van der Waals surface area (Å²) in [5.74, 6) is 6.83. The van der Waals surface area contributed by atoms with E-state index in [9.17, 15) is 13.2 Å². The summed E-state index contributed by atoms with van der Waals surface area (Å²) in [7, 11) is -3.54. The maximum Gasteiger partial charge on any atom is 0.407 e. The standard InChI is InChI=1S/C24H30N2O6S/c1-18-15-20(16-21(26-18)17-31-33(5,28)29)8-7-19-9-11-22(12-10-19)30-14-6-13-25-23(27)32-24(2,3)4/h9-12,15-16H,6,13-14,17H2,1-5H3,(H,25,27). The average Bonchev–Trinajstić information content (AvgIpc) is 2.69. The minimum absolute atomic E-state index is 0.130. The van der Waals surface area contributed by atoms with Gasteiger partial charge in [-0.1, -0.05) is 11.8 Å². The lowest BCUT2D eigenvalue weighted by Gasteiger charge is -2.19. The molecule has 2 rings (SSSR count). The Bertz CT molecular complexity index is 1110. The van der Waals surface area contributed by atoms with Crippen molar-refractivity contribution in [2.24, 2.45) is 0 Å². The predicted octanol–water partition coefficient (Wildman–Crippen LogP) is 3.56. The summed E-state index contributed by atoms with van der Waals surface area (Å²) >= 11 is 0. The first-order valence-electron chi connectivity index (χ1n) is 10.4. The fourth-order valence-electron chi connectivity index (χ4n) is 2.60. The zero-order chi connectivity index (χ0) is 24.5. The maximum atomic E-state index is 11.6. The van der Waals surface area contributed by atoms with E-state index in [0.29, 0.717) is 36.6 Å². The summed E-state index contributed by atoms with van der Waals surface area (Å²) in [6, 6.07) is 10.9. The first-order valence-corrected chi connectivity index (χ1v) is 12.2. The second-order valence-corrected chi connectivity index (χ2v) is 10.0. The summed E-state index contributed by atoms with van der Waals surface area (Å²) in [4.78, 5) is 15.8. The van der Waals surface area contributed by atoms with E-state index in [1.807, 2.05) is 58.0 Å². The van der Waals surface area contributed by atoms with Crippen molar-refractivity contribution in [2.45, 2.75) is 46.3 Å². The Morgan fingerprint density at radius 2 is 1.76 bits per heavy atom. The van der Waals surface area contributed by atoms with E-state index in [4.69, 9.17) is 13.7 Å². The van der Waals surface area contributed by atoms with Crippen molar-refractivity contribution in [3.63, 3.8) is 0 Å². The summed E-state index contributed by atoms with van der Waals surface area (Å²) in [6.45, 7) is 8.04. The molecule has 0 saturated carbocycles. The third-order valence-corrected chi connectivity index (χ3v) is 4.44. The topological polar surface area (TPSA) is 104 Å². The predicted molar refractivity (Wildman–Crippen MR) is 125 cm³/mol. The third-order valence-electron chi connectivity index (χ3n) is 3.89. The fourth-order valence-corrected chi connectivity index (χ4v) is 2.93. The van der Waals surface area contributed by atoms with Crippen molar-refractivity contribution < 1.29 is 26.9 Å². The number of nitrogens with zero attached hydrogens (tertiary/aromatic N) is 1. The van der Waals surface area contributed by atoms with Gasteiger partial charge < -0.3 is 14.8 Å². The van der Waals surface area contributed by atoms with E-state index in [2.05, 4.69) is 22.1 Å². The van der Waals surface area contributed by atoms with Crippen molar-refractivity contribution in [2.75, 3.05) is 19.4 Å². The molecule has 1 amide bonds. The highest BCUT2D eigenvalue weighted by atomic mass is 32.2. The number of rotatable bonds is 8. The number of carbonyl (C=O) groups is 1. The largest absolute Gasteiger partial charge is 0.494 e. The van der Waals surface area contributed by atoms with Crippen LogP contribution in [0.3, 0.4) is 0 Å². The molecular formula is C24H30N2O6S. The van der Waals surface area contributed by atoms with Crippen LogP contribution < -0.4 is 10.1 Å². The molecule has 1 aromatic carbocycles. The molecule has 1 N–H and O–H groups in total. The highest BCUT2D eigenvalue weighted by molar-refractivity contribution is 7.85. The fraction of sp³-hybridized carbons (Fsp3) is 0.417. The molecule has 0 aliphatic rings. The molecule has 33 heavy (non-hydrogen) atoms. The number of aromatic nitrogens is 1. The molecule has 9 heteroatoms. The first-order chi connectivity index (χ1) is 15.4. The molecule has 2 aromatic rings. The van der Waals surface area contributed by atoms with Crippen LogP contribution in [0.1, 0.15) is 49.7 Å². The van der Waals surface area contributed by atoms with Gasteiger partial charge in [-0.2, -0.15) is 8.42 Å². The van der Waals surface area contributed by atoms with Gasteiger partial charge in [0.15, 0.2) is 0 Å². The lowest BCUT2D eigenvalue weighted by molar-refractivity contribution is 0.0525. The van der Waals surface area contributed by atoms with Gasteiger partial charge in [0.2, 0.25) is 0 Å². The van der Waals surface area contributed by atoms with Gasteiger partial charge in [-0.15, -0.1) is 0 Å². The van der Waals surface area contributed by atoms with Crippen LogP contribution in [0.25, 0.3) is 0 Å². The van der Waals surface area contributed by atoms with Crippen molar-refractivity contribution in [3.05, 3.63) is 58.9 Å². The van der Waals surface area contributed by atoms with Crippen molar-refractivity contribution in [1.82, 2.24) is 10.3 Å². The van der Waals surface area contributed by atoms with Crippen LogP contribution in [0.15, 0.2) is 36.4 Å². The molecule has 8 nitrogen and oxygen atoms in total. The normalized spacial score (nSPS) is 11.3. The molecule has 0 aliphatic carbocycles. The number of carbonyl (C=O) groups excluding carboxylic acids is 1. The summed E-state index contributed by atoms with van der Waals surface area (Å²) in [6.07, 6.45) is 1.20. The Kier molecular flexibility index (Phi) is 9.26. The molecule has 178 valence electrons. The molecule has 1 heterocycles. The average molecular weight is 475 g/mol. The molecular weight excluding hydrogens is 444 g/mol. The Morgan fingerprint density at radius 1 is 1.09 bits per heavy atom. The van der Waals surface area contributed by atoms with Crippen LogP contribution in [0.4, 0.5) is 4.79 Å². The highest BCUT2D eigenvalue weighted by Crippen LogP contribution is 2.13. The van der Waals surface area contributed by atoms with Gasteiger partial charge >= 0.3 is 6.09 Å². The number of aryl methyl sites for hydroxylation is 1. The third kappa shape index (κ3) is 11.4. The van der Waals surface area contributed by atoms with Crippen LogP contribution in [-0.2, 0) is 25.6 Å². The van der Waals surface area contributed by atoms with Gasteiger partial charge in [0.1, 0.15) is 18.0 Å². The molecule has 0 fully saturated rings. The quantitative estimate of drug-likeness (QED) is 0.354. The molecule has 1 aromatic heterocycles. The lowest BCUT2D eigenvalue weighted by Crippen LogP contribution is -2.33. The van der Waals surface area contributed by atoms with Crippen LogP contribution >= 0.6 is 0 Å².